The largest absolute Gasteiger partial charge is 0.340 e. The van der Waals surface area contributed by atoms with Crippen molar-refractivity contribution in [3.05, 3.63) is 17.5 Å². The summed E-state index contributed by atoms with van der Waals surface area (Å²) in [5.74, 6) is 0.582. The summed E-state index contributed by atoms with van der Waals surface area (Å²) in [6, 6.07) is 3.34. The van der Waals surface area contributed by atoms with E-state index in [2.05, 4.69) is 25.4 Å². The molecule has 0 spiro atoms. The second kappa shape index (κ2) is 8.18. The number of nitrogens with zero attached hydrogens (tertiary/aromatic N) is 4. The van der Waals surface area contributed by atoms with E-state index >= 15 is 0 Å². The first kappa shape index (κ1) is 19.3. The van der Waals surface area contributed by atoms with E-state index in [0.717, 1.165) is 25.9 Å². The van der Waals surface area contributed by atoms with Gasteiger partial charge in [0.1, 0.15) is 4.21 Å². The molecule has 0 aliphatic carbocycles. The Morgan fingerprint density at radius 2 is 1.93 bits per heavy atom. The van der Waals surface area contributed by atoms with Crippen molar-refractivity contribution in [3.8, 4) is 0 Å². The van der Waals surface area contributed by atoms with Crippen LogP contribution in [0.5, 0.6) is 0 Å². The van der Waals surface area contributed by atoms with Gasteiger partial charge in [-0.05, 0) is 43.6 Å². The summed E-state index contributed by atoms with van der Waals surface area (Å²) in [4.78, 5) is 19.1. The maximum atomic E-state index is 12.6. The minimum Gasteiger partial charge on any atom is -0.340 e. The number of amides is 1. The van der Waals surface area contributed by atoms with Crippen LogP contribution in [0.15, 0.2) is 21.7 Å². The van der Waals surface area contributed by atoms with Gasteiger partial charge in [-0.1, -0.05) is 6.07 Å². The van der Waals surface area contributed by atoms with Crippen molar-refractivity contribution >= 4 is 39.2 Å². The lowest BCUT2D eigenvalue weighted by Gasteiger charge is -2.29. The van der Waals surface area contributed by atoms with Crippen molar-refractivity contribution in [2.24, 2.45) is 5.92 Å². The number of carbonyl (C=O) groups excluding carboxylic acids is 1. The number of sulfonamides is 1. The average molecular weight is 425 g/mol. The van der Waals surface area contributed by atoms with Gasteiger partial charge >= 0.3 is 0 Å². The Balaban J connectivity index is 1.31. The highest BCUT2D eigenvalue weighted by Gasteiger charge is 2.33. The van der Waals surface area contributed by atoms with E-state index in [1.165, 1.54) is 22.1 Å². The van der Waals surface area contributed by atoms with Crippen molar-refractivity contribution < 1.29 is 13.2 Å². The van der Waals surface area contributed by atoms with E-state index < -0.39 is 10.0 Å². The van der Waals surface area contributed by atoms with E-state index in [0.29, 0.717) is 42.0 Å². The number of hydrogen-bond donors (Lipinski definition) is 2. The van der Waals surface area contributed by atoms with E-state index in [9.17, 15) is 13.2 Å². The fraction of sp³-hybridized carbons (Fsp3) is 0.588. The SMILES string of the molecule is O=C(Nc1nc(N2CCCCC2)n[nH]1)C1CCN(S(=O)(=O)c2cccs2)CC1. The molecule has 2 aromatic heterocycles. The normalized spacial score (nSPS) is 19.6. The Kier molecular flexibility index (Phi) is 5.65. The summed E-state index contributed by atoms with van der Waals surface area (Å²) >= 11 is 1.21. The summed E-state index contributed by atoms with van der Waals surface area (Å²) in [6.07, 6.45) is 4.46. The van der Waals surface area contributed by atoms with Crippen molar-refractivity contribution in [1.82, 2.24) is 19.5 Å². The minimum atomic E-state index is -3.45. The molecule has 0 unspecified atom stereocenters. The summed E-state index contributed by atoms with van der Waals surface area (Å²) in [7, 11) is -3.45. The lowest BCUT2D eigenvalue weighted by molar-refractivity contribution is -0.121. The first-order valence-corrected chi connectivity index (χ1v) is 11.9. The average Bonchev–Trinajstić information content (AvgIpc) is 3.41. The lowest BCUT2D eigenvalue weighted by atomic mass is 9.97. The molecule has 152 valence electrons. The van der Waals surface area contributed by atoms with Crippen LogP contribution in [0.1, 0.15) is 32.1 Å². The van der Waals surface area contributed by atoms with Crippen molar-refractivity contribution in [3.63, 3.8) is 0 Å². The smallest absolute Gasteiger partial charge is 0.252 e. The van der Waals surface area contributed by atoms with E-state index in [1.807, 2.05) is 0 Å². The number of thiophene rings is 1. The fourth-order valence-corrected chi connectivity index (χ4v) is 6.27. The number of aromatic amines is 1. The van der Waals surface area contributed by atoms with Gasteiger partial charge in [-0.25, -0.2) is 13.5 Å². The number of anilines is 2. The van der Waals surface area contributed by atoms with Gasteiger partial charge in [0.25, 0.3) is 10.0 Å². The molecule has 2 aliphatic heterocycles. The van der Waals surface area contributed by atoms with Gasteiger partial charge in [-0.2, -0.15) is 9.29 Å². The highest BCUT2D eigenvalue weighted by Crippen LogP contribution is 2.27. The van der Waals surface area contributed by atoms with E-state index in [-0.39, 0.29) is 11.8 Å². The third-order valence-corrected chi connectivity index (χ3v) is 8.54. The Hall–Kier alpha value is -1.98. The number of hydrogen-bond acceptors (Lipinski definition) is 7. The molecule has 28 heavy (non-hydrogen) atoms. The molecule has 4 heterocycles. The molecule has 2 fully saturated rings. The number of piperidine rings is 2. The van der Waals surface area contributed by atoms with Gasteiger partial charge < -0.3 is 4.90 Å². The van der Waals surface area contributed by atoms with Gasteiger partial charge in [-0.3, -0.25) is 10.1 Å². The molecular weight excluding hydrogens is 400 g/mol. The van der Waals surface area contributed by atoms with Crippen LogP contribution in [0.25, 0.3) is 0 Å². The molecule has 4 rings (SSSR count). The molecule has 0 atom stereocenters. The van der Waals surface area contributed by atoms with Crippen LogP contribution in [0.4, 0.5) is 11.9 Å². The Morgan fingerprint density at radius 1 is 1.18 bits per heavy atom. The first-order chi connectivity index (χ1) is 13.5. The summed E-state index contributed by atoms with van der Waals surface area (Å²) in [5.41, 5.74) is 0. The third kappa shape index (κ3) is 4.06. The van der Waals surface area contributed by atoms with Crippen molar-refractivity contribution in [2.45, 2.75) is 36.3 Å². The zero-order chi connectivity index (χ0) is 19.6. The second-order valence-electron chi connectivity index (χ2n) is 7.13. The number of carbonyl (C=O) groups is 1. The minimum absolute atomic E-state index is 0.144. The molecule has 0 radical (unpaired) electrons. The molecule has 2 aromatic rings. The highest BCUT2D eigenvalue weighted by molar-refractivity contribution is 7.91. The van der Waals surface area contributed by atoms with Crippen molar-refractivity contribution in [2.75, 3.05) is 36.4 Å². The van der Waals surface area contributed by atoms with Crippen LogP contribution < -0.4 is 10.2 Å². The second-order valence-corrected chi connectivity index (χ2v) is 10.2. The topological polar surface area (TPSA) is 111 Å². The Bertz CT molecular complexity index is 897. The maximum absolute atomic E-state index is 12.6. The first-order valence-electron chi connectivity index (χ1n) is 9.56. The van der Waals surface area contributed by atoms with Gasteiger partial charge in [0.2, 0.25) is 17.8 Å². The lowest BCUT2D eigenvalue weighted by Crippen LogP contribution is -2.41. The molecule has 11 heteroatoms. The number of rotatable bonds is 5. The van der Waals surface area contributed by atoms with E-state index in [1.54, 1.807) is 17.5 Å². The molecule has 2 N–H and O–H groups in total. The monoisotopic (exact) mass is 424 g/mol. The zero-order valence-corrected chi connectivity index (χ0v) is 17.1. The van der Waals surface area contributed by atoms with Crippen LogP contribution in [0.3, 0.4) is 0 Å². The molecule has 1 amide bonds. The van der Waals surface area contributed by atoms with Crippen LogP contribution in [0, 0.1) is 5.92 Å². The van der Waals surface area contributed by atoms with Crippen LogP contribution in [-0.2, 0) is 14.8 Å². The van der Waals surface area contributed by atoms with Gasteiger partial charge in [0, 0.05) is 32.1 Å². The summed E-state index contributed by atoms with van der Waals surface area (Å²) in [6.45, 7) is 2.55. The Morgan fingerprint density at radius 3 is 2.61 bits per heavy atom. The predicted molar refractivity (Wildman–Crippen MR) is 107 cm³/mol. The molecule has 9 nitrogen and oxygen atoms in total. The van der Waals surface area contributed by atoms with Crippen LogP contribution >= 0.6 is 11.3 Å². The molecule has 0 bridgehead atoms. The summed E-state index contributed by atoms with van der Waals surface area (Å²) in [5, 5.41) is 11.5. The molecular formula is C17H24N6O3S2. The van der Waals surface area contributed by atoms with Crippen LogP contribution in [0.2, 0.25) is 0 Å². The molecule has 0 aromatic carbocycles. The third-order valence-electron chi connectivity index (χ3n) is 5.27. The Labute approximate surface area is 168 Å². The van der Waals surface area contributed by atoms with Gasteiger partial charge in [0.05, 0.1) is 0 Å². The fourth-order valence-electron chi connectivity index (χ4n) is 3.66. The number of nitrogens with one attached hydrogen (secondary N) is 2. The van der Waals surface area contributed by atoms with Gasteiger partial charge in [0.15, 0.2) is 0 Å². The highest BCUT2D eigenvalue weighted by atomic mass is 32.2. The van der Waals surface area contributed by atoms with Crippen molar-refractivity contribution in [1.29, 1.82) is 0 Å². The quantitative estimate of drug-likeness (QED) is 0.758. The standard InChI is InChI=1S/C17H24N6O3S2/c24-15(18-16-19-17(21-20-16)22-8-2-1-3-9-22)13-6-10-23(11-7-13)28(25,26)14-5-4-12-27-14/h4-5,12-13H,1-3,6-11H2,(H2,18,19,20,21,24). The van der Waals surface area contributed by atoms with Gasteiger partial charge in [-0.15, -0.1) is 16.4 Å². The number of H-pyrrole nitrogens is 1. The van der Waals surface area contributed by atoms with Crippen LogP contribution in [-0.4, -0.2) is 60.0 Å². The zero-order valence-electron chi connectivity index (χ0n) is 15.5. The maximum Gasteiger partial charge on any atom is 0.252 e. The predicted octanol–water partition coefficient (Wildman–Crippen LogP) is 1.90. The molecule has 2 aliphatic rings. The summed E-state index contributed by atoms with van der Waals surface area (Å²) < 4.78 is 27.0. The molecule has 0 saturated carbocycles. The van der Waals surface area contributed by atoms with E-state index in [4.69, 9.17) is 0 Å². The number of aromatic nitrogens is 3. The molecule has 2 saturated heterocycles.